The molecule has 2 unspecified atom stereocenters. The summed E-state index contributed by atoms with van der Waals surface area (Å²) in [6.45, 7) is 10.2. The molecule has 0 bridgehead atoms. The van der Waals surface area contributed by atoms with Crippen molar-refractivity contribution in [2.24, 2.45) is 46.3 Å². The molecule has 9 atom stereocenters. The van der Waals surface area contributed by atoms with Crippen LogP contribution in [0.2, 0.25) is 0 Å². The maximum atomic E-state index is 10.2. The van der Waals surface area contributed by atoms with Crippen LogP contribution in [-0.4, -0.2) is 45.1 Å². The van der Waals surface area contributed by atoms with E-state index in [2.05, 4.69) is 33.8 Å². The van der Waals surface area contributed by atoms with E-state index in [0.29, 0.717) is 23.4 Å². The lowest BCUT2D eigenvalue weighted by atomic mass is 9.47. The highest BCUT2D eigenvalue weighted by Gasteiger charge is 2.59. The van der Waals surface area contributed by atoms with Crippen LogP contribution in [-0.2, 0) is 9.59 Å². The molecule has 0 aromatic rings. The van der Waals surface area contributed by atoms with E-state index in [1.807, 2.05) is 0 Å². The van der Waals surface area contributed by atoms with Gasteiger partial charge < -0.3 is 20.4 Å². The van der Waals surface area contributed by atoms with Gasteiger partial charge in [-0.15, -0.1) is 0 Å². The van der Waals surface area contributed by atoms with Crippen LogP contribution in [0.1, 0.15) is 111 Å². The first kappa shape index (κ1) is 30.1. The summed E-state index contributed by atoms with van der Waals surface area (Å²) in [6.07, 6.45) is 15.8. The second-order valence-corrected chi connectivity index (χ2v) is 13.4. The number of hydrogen-bond donors (Lipinski definition) is 4. The maximum Gasteiger partial charge on any atom is 0.303 e. The topological polar surface area (TPSA) is 115 Å². The smallest absolute Gasteiger partial charge is 0.303 e. The summed E-state index contributed by atoms with van der Waals surface area (Å²) in [5.41, 5.74) is 2.51. The molecule has 0 aliphatic heterocycles. The monoisotopic (exact) mass is 520 g/mol. The lowest BCUT2D eigenvalue weighted by Crippen LogP contribution is -2.50. The van der Waals surface area contributed by atoms with Gasteiger partial charge in [-0.05, 0) is 104 Å². The molecule has 0 aromatic heterocycles. The first-order valence-electron chi connectivity index (χ1n) is 14.8. The third-order valence-electron chi connectivity index (χ3n) is 11.1. The summed E-state index contributed by atoms with van der Waals surface area (Å²) < 4.78 is 0. The molecule has 0 amide bonds. The van der Waals surface area contributed by atoms with Crippen LogP contribution in [0, 0.1) is 46.3 Å². The van der Waals surface area contributed by atoms with E-state index in [0.717, 1.165) is 42.4 Å². The van der Waals surface area contributed by atoms with Crippen LogP contribution in [0.5, 0.6) is 0 Å². The van der Waals surface area contributed by atoms with E-state index in [-0.39, 0.29) is 18.9 Å². The molecular formula is C31H52O6. The zero-order valence-corrected chi connectivity index (χ0v) is 23.6. The first-order chi connectivity index (χ1) is 17.4. The highest BCUT2D eigenvalue weighted by atomic mass is 16.4. The second kappa shape index (κ2) is 12.6. The number of rotatable bonds is 9. The largest absolute Gasteiger partial charge is 0.481 e. The van der Waals surface area contributed by atoms with Crippen LogP contribution in [0.15, 0.2) is 11.6 Å². The minimum Gasteiger partial charge on any atom is -0.481 e. The lowest BCUT2D eigenvalue weighted by molar-refractivity contribution is -0.143. The molecule has 4 N–H and O–H groups in total. The number of carbonyl (C=O) groups is 2. The molecule has 212 valence electrons. The molecule has 6 heteroatoms. The minimum absolute atomic E-state index is 0.0926. The molecule has 4 aliphatic rings. The Morgan fingerprint density at radius 3 is 2.27 bits per heavy atom. The highest BCUT2D eigenvalue weighted by Crippen LogP contribution is 2.67. The Morgan fingerprint density at radius 1 is 0.973 bits per heavy atom. The number of carboxylic acids is 2. The van der Waals surface area contributed by atoms with Gasteiger partial charge in [-0.1, -0.05) is 52.2 Å². The van der Waals surface area contributed by atoms with Gasteiger partial charge in [0.15, 0.2) is 0 Å². The maximum absolute atomic E-state index is 10.2. The molecule has 3 saturated carbocycles. The quantitative estimate of drug-likeness (QED) is 0.265. The zero-order valence-electron chi connectivity index (χ0n) is 23.6. The predicted octanol–water partition coefficient (Wildman–Crippen LogP) is 6.30. The molecule has 0 aromatic carbocycles. The number of fused-ring (bicyclic) bond motifs is 5. The van der Waals surface area contributed by atoms with Crippen LogP contribution in [0.4, 0.5) is 0 Å². The fourth-order valence-electron chi connectivity index (χ4n) is 8.91. The average Bonchev–Trinajstić information content (AvgIpc) is 3.20. The standard InChI is InChI=1S/C27H46O2.C4H6O4/c1-18(17-28)6-5-7-19(2)23-10-11-24-22-9-8-20-16-21(29)12-14-26(20,3)25(22)13-15-27(23,24)4;5-3(6)1-2-4(7)8/h8,18-19,21-25,28-29H,5-7,9-17H2,1-4H3;1-2H2,(H,5,6)(H,7,8)/t18?,19?,21-,22-,23+,24-,25-,26-,27+;/m0./s1. The minimum atomic E-state index is -1.08. The van der Waals surface area contributed by atoms with Crippen molar-refractivity contribution >= 4 is 11.9 Å². The Bertz CT molecular complexity index is 809. The van der Waals surface area contributed by atoms with E-state index < -0.39 is 11.9 Å². The normalized spacial score (nSPS) is 38.1. The van der Waals surface area contributed by atoms with Crippen molar-refractivity contribution in [3.63, 3.8) is 0 Å². The van der Waals surface area contributed by atoms with Crippen molar-refractivity contribution in [1.82, 2.24) is 0 Å². The second-order valence-electron chi connectivity index (χ2n) is 13.4. The number of hydrogen-bond acceptors (Lipinski definition) is 4. The summed E-state index contributed by atoms with van der Waals surface area (Å²) in [5, 5.41) is 35.3. The van der Waals surface area contributed by atoms with Gasteiger partial charge in [-0.2, -0.15) is 0 Å². The van der Waals surface area contributed by atoms with Crippen molar-refractivity contribution in [3.05, 3.63) is 11.6 Å². The Balaban J connectivity index is 0.000000414. The van der Waals surface area contributed by atoms with Crippen LogP contribution in [0.25, 0.3) is 0 Å². The molecular weight excluding hydrogens is 468 g/mol. The molecule has 6 nitrogen and oxygen atoms in total. The van der Waals surface area contributed by atoms with E-state index in [1.54, 1.807) is 5.57 Å². The van der Waals surface area contributed by atoms with Crippen molar-refractivity contribution in [1.29, 1.82) is 0 Å². The number of carboxylic acid groups (broad SMARTS) is 2. The van der Waals surface area contributed by atoms with E-state index in [9.17, 15) is 19.8 Å². The Kier molecular flexibility index (Phi) is 10.3. The van der Waals surface area contributed by atoms with Gasteiger partial charge >= 0.3 is 11.9 Å². The molecule has 4 aliphatic carbocycles. The Hall–Kier alpha value is -1.40. The molecule has 0 heterocycles. The first-order valence-corrected chi connectivity index (χ1v) is 14.8. The molecule has 3 fully saturated rings. The fraction of sp³-hybridized carbons (Fsp3) is 0.871. The molecule has 0 saturated heterocycles. The Morgan fingerprint density at radius 2 is 1.65 bits per heavy atom. The van der Waals surface area contributed by atoms with E-state index in [1.165, 1.54) is 57.8 Å². The number of aliphatic carboxylic acids is 2. The van der Waals surface area contributed by atoms with Gasteiger partial charge in [0.2, 0.25) is 0 Å². The van der Waals surface area contributed by atoms with Gasteiger partial charge in [0.05, 0.1) is 18.9 Å². The van der Waals surface area contributed by atoms with Gasteiger partial charge in [-0.3, -0.25) is 9.59 Å². The van der Waals surface area contributed by atoms with Gasteiger partial charge in [0, 0.05) is 6.61 Å². The third-order valence-corrected chi connectivity index (χ3v) is 11.1. The van der Waals surface area contributed by atoms with Crippen LogP contribution < -0.4 is 0 Å². The number of aliphatic hydroxyl groups is 2. The fourth-order valence-corrected chi connectivity index (χ4v) is 8.91. The van der Waals surface area contributed by atoms with Gasteiger partial charge in [-0.25, -0.2) is 0 Å². The van der Waals surface area contributed by atoms with E-state index in [4.69, 9.17) is 10.2 Å². The SMILES string of the molecule is CC(CO)CCCC(C)[C@H]1CC[C@H]2[C@@H]3CC=C4C[C@@H](O)CC[C@]4(C)[C@H]3CC[C@]12C.O=C(O)CCC(=O)O. The summed E-state index contributed by atoms with van der Waals surface area (Å²) in [5.74, 6) is 2.66. The highest BCUT2D eigenvalue weighted by molar-refractivity contribution is 5.75. The molecule has 4 rings (SSSR count). The third kappa shape index (κ3) is 6.79. The molecule has 0 radical (unpaired) electrons. The van der Waals surface area contributed by atoms with Crippen molar-refractivity contribution in [3.8, 4) is 0 Å². The van der Waals surface area contributed by atoms with Crippen molar-refractivity contribution in [2.75, 3.05) is 6.61 Å². The molecule has 37 heavy (non-hydrogen) atoms. The van der Waals surface area contributed by atoms with Crippen LogP contribution >= 0.6 is 0 Å². The summed E-state index contributed by atoms with van der Waals surface area (Å²) in [6, 6.07) is 0. The van der Waals surface area contributed by atoms with Crippen molar-refractivity contribution in [2.45, 2.75) is 117 Å². The predicted molar refractivity (Wildman–Crippen MR) is 145 cm³/mol. The van der Waals surface area contributed by atoms with Crippen molar-refractivity contribution < 1.29 is 30.0 Å². The van der Waals surface area contributed by atoms with Crippen LogP contribution in [0.3, 0.4) is 0 Å². The number of aliphatic hydroxyl groups excluding tert-OH is 2. The van der Waals surface area contributed by atoms with Gasteiger partial charge in [0.1, 0.15) is 0 Å². The lowest BCUT2D eigenvalue weighted by Gasteiger charge is -2.58. The number of allylic oxidation sites excluding steroid dienone is 1. The van der Waals surface area contributed by atoms with Gasteiger partial charge in [0.25, 0.3) is 0 Å². The summed E-state index contributed by atoms with van der Waals surface area (Å²) in [4.78, 5) is 19.3. The summed E-state index contributed by atoms with van der Waals surface area (Å²) in [7, 11) is 0. The van der Waals surface area contributed by atoms with E-state index >= 15 is 0 Å². The zero-order chi connectivity index (χ0) is 27.4. The average molecular weight is 521 g/mol. The Labute approximate surface area is 223 Å². The summed E-state index contributed by atoms with van der Waals surface area (Å²) >= 11 is 0. The molecule has 0 spiro atoms.